The Bertz CT molecular complexity index is 930. The van der Waals surface area contributed by atoms with Crippen LogP contribution in [-0.2, 0) is 14.3 Å². The maximum atomic E-state index is 12.3. The molecule has 1 aliphatic heterocycles. The Morgan fingerprint density at radius 3 is 2.48 bits per heavy atom. The van der Waals surface area contributed by atoms with Gasteiger partial charge in [0.1, 0.15) is 5.75 Å². The minimum Gasteiger partial charge on any atom is -0.479 e. The fraction of sp³-hybridized carbons (Fsp3) is 0.261. The van der Waals surface area contributed by atoms with Crippen molar-refractivity contribution in [3.05, 3.63) is 71.8 Å². The average Bonchev–Trinajstić information content (AvgIpc) is 2.78. The lowest BCUT2D eigenvalue weighted by Crippen LogP contribution is -2.38. The Balaban J connectivity index is 1.45. The molecule has 2 aromatic carbocycles. The summed E-state index contributed by atoms with van der Waals surface area (Å²) in [6.07, 6.45) is 1.94. The van der Waals surface area contributed by atoms with Gasteiger partial charge in [-0.3, -0.25) is 4.79 Å². The van der Waals surface area contributed by atoms with Gasteiger partial charge in [-0.25, -0.2) is 4.79 Å². The number of amides is 1. The van der Waals surface area contributed by atoms with Crippen LogP contribution in [-0.4, -0.2) is 42.6 Å². The highest BCUT2D eigenvalue weighted by atomic mass is 16.6. The first-order valence-electron chi connectivity index (χ1n) is 9.42. The van der Waals surface area contributed by atoms with Gasteiger partial charge in [0.15, 0.2) is 12.7 Å². The van der Waals surface area contributed by atoms with E-state index in [0.29, 0.717) is 24.4 Å². The highest BCUT2D eigenvalue weighted by Crippen LogP contribution is 2.22. The van der Waals surface area contributed by atoms with E-state index in [-0.39, 0.29) is 12.5 Å². The Morgan fingerprint density at radius 2 is 1.86 bits per heavy atom. The van der Waals surface area contributed by atoms with Crippen LogP contribution in [0.5, 0.6) is 5.75 Å². The number of nitriles is 1. The number of hydrogen-bond donors (Lipinski definition) is 0. The van der Waals surface area contributed by atoms with Crippen LogP contribution in [0.4, 0.5) is 0 Å². The molecule has 0 aliphatic carbocycles. The van der Waals surface area contributed by atoms with E-state index in [4.69, 9.17) is 14.7 Å². The largest absolute Gasteiger partial charge is 0.479 e. The molecule has 6 nitrogen and oxygen atoms in total. The zero-order valence-corrected chi connectivity index (χ0v) is 16.2. The molecule has 1 atom stereocenters. The maximum absolute atomic E-state index is 12.3. The molecule has 29 heavy (non-hydrogen) atoms. The standard InChI is InChI=1S/C23H22N2O4/c1-17(29-21-9-7-18(15-24)8-10-21)23(27)28-16-22(26)25-13-11-20(12-14-25)19-5-3-2-4-6-19/h2-11,17H,12-14,16H2,1H3/t17-/m1/s1. The molecule has 0 aromatic heterocycles. The summed E-state index contributed by atoms with van der Waals surface area (Å²) >= 11 is 0. The van der Waals surface area contributed by atoms with E-state index >= 15 is 0 Å². The third kappa shape index (κ3) is 5.45. The van der Waals surface area contributed by atoms with Gasteiger partial charge >= 0.3 is 5.97 Å². The summed E-state index contributed by atoms with van der Waals surface area (Å²) in [5.74, 6) is -0.387. The predicted molar refractivity (Wildman–Crippen MR) is 108 cm³/mol. The van der Waals surface area contributed by atoms with Crippen molar-refractivity contribution in [3.8, 4) is 11.8 Å². The van der Waals surface area contributed by atoms with Crippen molar-refractivity contribution >= 4 is 17.4 Å². The van der Waals surface area contributed by atoms with Gasteiger partial charge < -0.3 is 14.4 Å². The summed E-state index contributed by atoms with van der Waals surface area (Å²) in [5, 5.41) is 8.80. The zero-order valence-electron chi connectivity index (χ0n) is 16.2. The molecule has 148 valence electrons. The van der Waals surface area contributed by atoms with Crippen molar-refractivity contribution < 1.29 is 19.1 Å². The summed E-state index contributed by atoms with van der Waals surface area (Å²) in [6.45, 7) is 2.33. The van der Waals surface area contributed by atoms with Crippen LogP contribution in [0, 0.1) is 11.3 Å². The Hall–Kier alpha value is -3.59. The van der Waals surface area contributed by atoms with Crippen LogP contribution in [0.1, 0.15) is 24.5 Å². The quantitative estimate of drug-likeness (QED) is 0.708. The lowest BCUT2D eigenvalue weighted by atomic mass is 10.00. The van der Waals surface area contributed by atoms with Gasteiger partial charge in [0.2, 0.25) is 0 Å². The zero-order chi connectivity index (χ0) is 20.6. The number of hydrogen-bond acceptors (Lipinski definition) is 5. The van der Waals surface area contributed by atoms with Crippen LogP contribution in [0.25, 0.3) is 5.57 Å². The van der Waals surface area contributed by atoms with Crippen LogP contribution in [0.15, 0.2) is 60.7 Å². The molecular formula is C23H22N2O4. The fourth-order valence-corrected chi connectivity index (χ4v) is 3.01. The molecule has 6 heteroatoms. The van der Waals surface area contributed by atoms with E-state index in [1.165, 1.54) is 11.1 Å². The van der Waals surface area contributed by atoms with Gasteiger partial charge in [0.05, 0.1) is 11.6 Å². The second-order valence-corrected chi connectivity index (χ2v) is 6.69. The molecule has 2 aromatic rings. The minimum absolute atomic E-state index is 0.229. The van der Waals surface area contributed by atoms with Gasteiger partial charge in [-0.15, -0.1) is 0 Å². The van der Waals surface area contributed by atoms with E-state index in [9.17, 15) is 9.59 Å². The van der Waals surface area contributed by atoms with Crippen molar-refractivity contribution in [2.24, 2.45) is 0 Å². The molecule has 0 saturated carbocycles. The third-order valence-corrected chi connectivity index (χ3v) is 4.67. The minimum atomic E-state index is -0.860. The summed E-state index contributed by atoms with van der Waals surface area (Å²) in [5.41, 5.74) is 2.89. The Morgan fingerprint density at radius 1 is 1.14 bits per heavy atom. The van der Waals surface area contributed by atoms with Crippen molar-refractivity contribution in [2.45, 2.75) is 19.4 Å². The summed E-state index contributed by atoms with van der Waals surface area (Å²) in [7, 11) is 0. The first-order chi connectivity index (χ1) is 14.1. The number of ether oxygens (including phenoxy) is 2. The van der Waals surface area contributed by atoms with Gasteiger partial charge in [0.25, 0.3) is 5.91 Å². The monoisotopic (exact) mass is 390 g/mol. The number of rotatable bonds is 6. The maximum Gasteiger partial charge on any atom is 0.347 e. The number of nitrogens with zero attached hydrogens (tertiary/aromatic N) is 2. The normalized spacial score (nSPS) is 14.3. The molecule has 0 unspecified atom stereocenters. The Kier molecular flexibility index (Phi) is 6.64. The van der Waals surface area contributed by atoms with Crippen LogP contribution < -0.4 is 4.74 Å². The van der Waals surface area contributed by atoms with Crippen LogP contribution in [0.3, 0.4) is 0 Å². The lowest BCUT2D eigenvalue weighted by Gasteiger charge is -2.26. The SMILES string of the molecule is C[C@@H](Oc1ccc(C#N)cc1)C(=O)OCC(=O)N1CC=C(c2ccccc2)CC1. The summed E-state index contributed by atoms with van der Waals surface area (Å²) in [4.78, 5) is 26.1. The van der Waals surface area contributed by atoms with Crippen molar-refractivity contribution in [1.82, 2.24) is 4.90 Å². The number of carbonyl (C=O) groups excluding carboxylic acids is 2. The topological polar surface area (TPSA) is 79.6 Å². The summed E-state index contributed by atoms with van der Waals surface area (Å²) < 4.78 is 10.6. The number of esters is 1. The predicted octanol–water partition coefficient (Wildman–Crippen LogP) is 3.18. The highest BCUT2D eigenvalue weighted by Gasteiger charge is 2.22. The van der Waals surface area contributed by atoms with E-state index < -0.39 is 12.1 Å². The second kappa shape index (κ2) is 9.56. The molecule has 1 heterocycles. The highest BCUT2D eigenvalue weighted by molar-refractivity contribution is 5.83. The number of benzene rings is 2. The van der Waals surface area contributed by atoms with Crippen LogP contribution in [0.2, 0.25) is 0 Å². The van der Waals surface area contributed by atoms with E-state index in [0.717, 1.165) is 6.42 Å². The first kappa shape index (κ1) is 20.2. The molecular weight excluding hydrogens is 368 g/mol. The lowest BCUT2D eigenvalue weighted by molar-refractivity contribution is -0.157. The van der Waals surface area contributed by atoms with Gasteiger partial charge in [0, 0.05) is 13.1 Å². The van der Waals surface area contributed by atoms with Crippen molar-refractivity contribution in [2.75, 3.05) is 19.7 Å². The molecule has 1 amide bonds. The van der Waals surface area contributed by atoms with Crippen molar-refractivity contribution in [3.63, 3.8) is 0 Å². The molecule has 3 rings (SSSR count). The molecule has 0 radical (unpaired) electrons. The van der Waals surface area contributed by atoms with Gasteiger partial charge in [-0.2, -0.15) is 5.26 Å². The first-order valence-corrected chi connectivity index (χ1v) is 9.42. The number of carbonyl (C=O) groups is 2. The van der Waals surface area contributed by atoms with Gasteiger partial charge in [-0.05, 0) is 48.7 Å². The molecule has 1 aliphatic rings. The van der Waals surface area contributed by atoms with Crippen LogP contribution >= 0.6 is 0 Å². The fourth-order valence-electron chi connectivity index (χ4n) is 3.01. The Labute approximate surface area is 170 Å². The van der Waals surface area contributed by atoms with E-state index in [2.05, 4.69) is 12.1 Å². The van der Waals surface area contributed by atoms with E-state index in [1.807, 2.05) is 30.3 Å². The van der Waals surface area contributed by atoms with Gasteiger partial charge in [-0.1, -0.05) is 36.4 Å². The summed E-state index contributed by atoms with van der Waals surface area (Å²) in [6, 6.07) is 18.5. The van der Waals surface area contributed by atoms with E-state index in [1.54, 1.807) is 36.1 Å². The molecule has 0 fully saturated rings. The molecule has 0 spiro atoms. The average molecular weight is 390 g/mol. The van der Waals surface area contributed by atoms with Crippen molar-refractivity contribution in [1.29, 1.82) is 5.26 Å². The molecule has 0 bridgehead atoms. The smallest absolute Gasteiger partial charge is 0.347 e. The molecule has 0 saturated heterocycles. The molecule has 0 N–H and O–H groups in total. The second-order valence-electron chi connectivity index (χ2n) is 6.69. The third-order valence-electron chi connectivity index (χ3n) is 4.67.